The third-order valence-corrected chi connectivity index (χ3v) is 3.12. The van der Waals surface area contributed by atoms with E-state index in [1.54, 1.807) is 0 Å². The second-order valence-electron chi connectivity index (χ2n) is 4.78. The van der Waals surface area contributed by atoms with E-state index in [2.05, 4.69) is 26.1 Å². The predicted octanol–water partition coefficient (Wildman–Crippen LogP) is 4.12. The zero-order valence-electron chi connectivity index (χ0n) is 11.3. The van der Waals surface area contributed by atoms with Gasteiger partial charge in [-0.25, -0.2) is 0 Å². The molecule has 0 aliphatic heterocycles. The molecule has 0 heterocycles. The van der Waals surface area contributed by atoms with Crippen molar-refractivity contribution in [1.82, 2.24) is 5.32 Å². The van der Waals surface area contributed by atoms with Crippen molar-refractivity contribution in [2.45, 2.75) is 65.8 Å². The molecule has 2 N–H and O–H groups in total. The second-order valence-corrected chi connectivity index (χ2v) is 4.78. The molecular weight excluding hydrogens is 196 g/mol. The third-order valence-electron chi connectivity index (χ3n) is 3.12. The molecule has 2 nitrogen and oxygen atoms in total. The van der Waals surface area contributed by atoms with Gasteiger partial charge in [0.15, 0.2) is 0 Å². The van der Waals surface area contributed by atoms with Crippen LogP contribution >= 0.6 is 0 Å². The molecule has 0 spiro atoms. The van der Waals surface area contributed by atoms with Gasteiger partial charge in [0, 0.05) is 18.5 Å². The molecule has 0 aromatic heterocycles. The van der Waals surface area contributed by atoms with Gasteiger partial charge >= 0.3 is 0 Å². The summed E-state index contributed by atoms with van der Waals surface area (Å²) < 4.78 is 0. The maximum Gasteiger partial charge on any atom is 0.0255 e. The molecule has 16 heavy (non-hydrogen) atoms. The maximum absolute atomic E-state index is 7.12. The molecule has 0 amide bonds. The highest BCUT2D eigenvalue weighted by atomic mass is 14.9. The van der Waals surface area contributed by atoms with Gasteiger partial charge in [0.2, 0.25) is 0 Å². The van der Waals surface area contributed by atoms with Crippen molar-refractivity contribution in [2.24, 2.45) is 5.92 Å². The maximum atomic E-state index is 7.12. The molecule has 2 heteroatoms. The van der Waals surface area contributed by atoms with Crippen LogP contribution in [0.4, 0.5) is 0 Å². The summed E-state index contributed by atoms with van der Waals surface area (Å²) in [5, 5.41) is 10.6. The Balaban J connectivity index is 4.01. The van der Waals surface area contributed by atoms with Crippen LogP contribution < -0.4 is 5.32 Å². The Labute approximate surface area is 101 Å². The van der Waals surface area contributed by atoms with E-state index in [4.69, 9.17) is 5.41 Å². The summed E-state index contributed by atoms with van der Waals surface area (Å²) in [5.41, 5.74) is 0.990. The van der Waals surface area contributed by atoms with Gasteiger partial charge in [-0.15, -0.1) is 0 Å². The van der Waals surface area contributed by atoms with E-state index >= 15 is 0 Å². The van der Waals surface area contributed by atoms with E-state index in [0.29, 0.717) is 6.04 Å². The van der Waals surface area contributed by atoms with Crippen LogP contribution in [0.15, 0.2) is 11.8 Å². The molecule has 0 saturated heterocycles. The highest BCUT2D eigenvalue weighted by Crippen LogP contribution is 2.14. The lowest BCUT2D eigenvalue weighted by Crippen LogP contribution is -2.25. The monoisotopic (exact) mass is 224 g/mol. The fraction of sp³-hybridized carbons (Fsp3) is 0.786. The van der Waals surface area contributed by atoms with Crippen LogP contribution in [-0.2, 0) is 0 Å². The fourth-order valence-electron chi connectivity index (χ4n) is 1.64. The molecule has 0 aromatic rings. The van der Waals surface area contributed by atoms with Gasteiger partial charge in [0.1, 0.15) is 0 Å². The molecule has 0 fully saturated rings. The first-order valence-electron chi connectivity index (χ1n) is 6.57. The van der Waals surface area contributed by atoms with Crippen molar-refractivity contribution in [1.29, 1.82) is 5.41 Å². The van der Waals surface area contributed by atoms with Gasteiger partial charge in [-0.3, -0.25) is 0 Å². The highest BCUT2D eigenvalue weighted by molar-refractivity contribution is 5.74. The summed E-state index contributed by atoms with van der Waals surface area (Å²) in [4.78, 5) is 0. The Kier molecular flexibility index (Phi) is 8.97. The van der Waals surface area contributed by atoms with Crippen molar-refractivity contribution in [3.63, 3.8) is 0 Å². The Bertz CT molecular complexity index is 209. The molecular formula is C14H28N2. The van der Waals surface area contributed by atoms with E-state index in [9.17, 15) is 0 Å². The molecule has 0 saturated carbocycles. The van der Waals surface area contributed by atoms with Crippen molar-refractivity contribution < 1.29 is 0 Å². The fourth-order valence-corrected chi connectivity index (χ4v) is 1.64. The third kappa shape index (κ3) is 7.49. The largest absolute Gasteiger partial charge is 0.388 e. The topological polar surface area (TPSA) is 35.9 Å². The van der Waals surface area contributed by atoms with Gasteiger partial charge in [0.25, 0.3) is 0 Å². The van der Waals surface area contributed by atoms with Gasteiger partial charge in [-0.2, -0.15) is 0 Å². The van der Waals surface area contributed by atoms with Crippen molar-refractivity contribution in [2.75, 3.05) is 0 Å². The van der Waals surface area contributed by atoms with Crippen LogP contribution in [0, 0.1) is 11.3 Å². The number of rotatable bonds is 9. The van der Waals surface area contributed by atoms with Crippen LogP contribution in [0.1, 0.15) is 59.8 Å². The van der Waals surface area contributed by atoms with Crippen LogP contribution in [-0.4, -0.2) is 12.3 Å². The first-order valence-corrected chi connectivity index (χ1v) is 6.57. The van der Waals surface area contributed by atoms with Crippen LogP contribution in [0.2, 0.25) is 0 Å². The Morgan fingerprint density at radius 3 is 2.44 bits per heavy atom. The summed E-state index contributed by atoms with van der Waals surface area (Å²) in [6.45, 7) is 8.76. The summed E-state index contributed by atoms with van der Waals surface area (Å²) in [5.74, 6) is 0.828. The molecule has 2 atom stereocenters. The second kappa shape index (κ2) is 9.44. The average Bonchev–Trinajstić information content (AvgIpc) is 2.31. The summed E-state index contributed by atoms with van der Waals surface area (Å²) in [6.07, 6.45) is 9.62. The average molecular weight is 224 g/mol. The molecule has 2 unspecified atom stereocenters. The minimum atomic E-state index is 0.578. The van der Waals surface area contributed by atoms with E-state index in [-0.39, 0.29) is 0 Å². The number of nitrogens with one attached hydrogen (secondary N) is 2. The summed E-state index contributed by atoms with van der Waals surface area (Å²) in [6, 6.07) is 0.578. The molecule has 94 valence electrons. The van der Waals surface area contributed by atoms with Crippen LogP contribution in [0.3, 0.4) is 0 Å². The lowest BCUT2D eigenvalue weighted by Gasteiger charge is -2.19. The molecule has 0 aliphatic carbocycles. The number of allylic oxidation sites excluding steroid dienone is 1. The van der Waals surface area contributed by atoms with Crippen molar-refractivity contribution in [3.8, 4) is 0 Å². The summed E-state index contributed by atoms with van der Waals surface area (Å²) in [7, 11) is 0. The standard InChI is InChI=1S/C14H28N2/c1-5-7-14(9-8-12(3)6-2)16-11-13(4)10-15/h10-12,14-16H,5-9H2,1-4H3/b13-11-,15-10?. The molecule has 0 aliphatic rings. The zero-order valence-corrected chi connectivity index (χ0v) is 11.3. The Hall–Kier alpha value is -0.790. The van der Waals surface area contributed by atoms with Gasteiger partial charge in [-0.1, -0.05) is 33.6 Å². The van der Waals surface area contributed by atoms with E-state index < -0.39 is 0 Å². The van der Waals surface area contributed by atoms with E-state index in [1.807, 2.05) is 13.1 Å². The lowest BCUT2D eigenvalue weighted by molar-refractivity contribution is 0.417. The quantitative estimate of drug-likeness (QED) is 0.568. The van der Waals surface area contributed by atoms with Crippen LogP contribution in [0.25, 0.3) is 0 Å². The zero-order chi connectivity index (χ0) is 12.4. The molecule has 0 radical (unpaired) electrons. The SMILES string of the molecule is CCCC(CCC(C)CC)N/C=C(/C)C=N. The highest BCUT2D eigenvalue weighted by Gasteiger charge is 2.07. The van der Waals surface area contributed by atoms with Crippen LogP contribution in [0.5, 0.6) is 0 Å². The summed E-state index contributed by atoms with van der Waals surface area (Å²) >= 11 is 0. The Morgan fingerprint density at radius 2 is 1.94 bits per heavy atom. The number of hydrogen-bond acceptors (Lipinski definition) is 2. The van der Waals surface area contributed by atoms with Gasteiger partial charge in [0.05, 0.1) is 0 Å². The number of hydrogen-bond donors (Lipinski definition) is 2. The van der Waals surface area contributed by atoms with Crippen molar-refractivity contribution >= 4 is 6.21 Å². The van der Waals surface area contributed by atoms with E-state index in [0.717, 1.165) is 11.5 Å². The minimum Gasteiger partial charge on any atom is -0.388 e. The first kappa shape index (κ1) is 15.2. The van der Waals surface area contributed by atoms with Gasteiger partial charge < -0.3 is 10.7 Å². The van der Waals surface area contributed by atoms with Gasteiger partial charge in [-0.05, 0) is 37.7 Å². The molecule has 0 aromatic carbocycles. The predicted molar refractivity (Wildman–Crippen MR) is 73.1 cm³/mol. The minimum absolute atomic E-state index is 0.578. The molecule has 0 rings (SSSR count). The molecule has 0 bridgehead atoms. The smallest absolute Gasteiger partial charge is 0.0255 e. The van der Waals surface area contributed by atoms with Crippen molar-refractivity contribution in [3.05, 3.63) is 11.8 Å². The van der Waals surface area contributed by atoms with E-state index in [1.165, 1.54) is 38.3 Å². The Morgan fingerprint density at radius 1 is 1.25 bits per heavy atom. The lowest BCUT2D eigenvalue weighted by atomic mass is 9.97. The normalized spacial score (nSPS) is 15.6. The first-order chi connectivity index (χ1) is 7.63.